The molecule has 0 radical (unpaired) electrons. The molecule has 0 aromatic heterocycles. The van der Waals surface area contributed by atoms with Crippen LogP contribution in [0.2, 0.25) is 0 Å². The molecular formula is C24H30FIN4O2. The molecule has 2 saturated carbocycles. The molecule has 8 heteroatoms. The lowest BCUT2D eigenvalue weighted by Crippen LogP contribution is -2.41. The number of guanidine groups is 1. The third-order valence-corrected chi connectivity index (χ3v) is 5.79. The van der Waals surface area contributed by atoms with Crippen molar-refractivity contribution >= 4 is 35.8 Å². The van der Waals surface area contributed by atoms with E-state index in [-0.39, 0.29) is 47.7 Å². The van der Waals surface area contributed by atoms with E-state index in [0.29, 0.717) is 30.8 Å². The van der Waals surface area contributed by atoms with Crippen molar-refractivity contribution in [2.75, 3.05) is 20.2 Å². The van der Waals surface area contributed by atoms with Gasteiger partial charge in [0.1, 0.15) is 11.6 Å². The Labute approximate surface area is 205 Å². The molecule has 32 heavy (non-hydrogen) atoms. The molecule has 6 nitrogen and oxygen atoms in total. The highest BCUT2D eigenvalue weighted by atomic mass is 127. The summed E-state index contributed by atoms with van der Waals surface area (Å²) in [5, 5.41) is 9.53. The highest BCUT2D eigenvalue weighted by Gasteiger charge is 2.45. The topological polar surface area (TPSA) is 74.8 Å². The van der Waals surface area contributed by atoms with Crippen LogP contribution in [0, 0.1) is 5.82 Å². The number of hydrogen-bond donors (Lipinski definition) is 3. The van der Waals surface area contributed by atoms with Crippen molar-refractivity contribution in [1.82, 2.24) is 16.0 Å². The van der Waals surface area contributed by atoms with Crippen LogP contribution in [-0.2, 0) is 16.8 Å². The molecule has 2 aliphatic rings. The van der Waals surface area contributed by atoms with Crippen LogP contribution < -0.4 is 20.7 Å². The molecule has 2 fully saturated rings. The van der Waals surface area contributed by atoms with Crippen LogP contribution in [0.25, 0.3) is 0 Å². The number of halogens is 2. The molecule has 3 N–H and O–H groups in total. The van der Waals surface area contributed by atoms with Gasteiger partial charge < -0.3 is 20.7 Å². The lowest BCUT2D eigenvalue weighted by molar-refractivity contribution is -0.123. The zero-order valence-corrected chi connectivity index (χ0v) is 20.5. The number of aliphatic imine (C=N–C) groups is 1. The Kier molecular flexibility index (Phi) is 8.33. The first kappa shape index (κ1) is 24.3. The number of benzene rings is 2. The van der Waals surface area contributed by atoms with Gasteiger partial charge in [-0.2, -0.15) is 0 Å². The Balaban J connectivity index is 0.00000289. The summed E-state index contributed by atoms with van der Waals surface area (Å²) in [6, 6.07) is 15.0. The quantitative estimate of drug-likeness (QED) is 0.253. The number of nitrogens with one attached hydrogen (secondary N) is 3. The molecule has 0 unspecified atom stereocenters. The zero-order valence-electron chi connectivity index (χ0n) is 18.2. The van der Waals surface area contributed by atoms with Crippen molar-refractivity contribution in [1.29, 1.82) is 0 Å². The minimum atomic E-state index is -0.155. The standard InChI is InChI=1S/C24H29FN4O2.HI/c1-26-23(28-16-24(11-12-24)20-7-2-3-8-21(20)25)27-14-17-5-4-6-19(13-17)31-15-22(30)29-18-9-10-18;/h2-8,13,18H,9-12,14-16H2,1H3,(H,29,30)(H2,26,27,28);1H. The van der Waals surface area contributed by atoms with E-state index in [1.54, 1.807) is 13.1 Å². The number of amides is 1. The van der Waals surface area contributed by atoms with Crippen molar-refractivity contribution in [3.63, 3.8) is 0 Å². The third kappa shape index (κ3) is 6.57. The highest BCUT2D eigenvalue weighted by Crippen LogP contribution is 2.48. The van der Waals surface area contributed by atoms with E-state index >= 15 is 0 Å². The van der Waals surface area contributed by atoms with E-state index in [2.05, 4.69) is 20.9 Å². The molecule has 0 aliphatic heterocycles. The van der Waals surface area contributed by atoms with Crippen molar-refractivity contribution < 1.29 is 13.9 Å². The molecule has 2 aromatic carbocycles. The summed E-state index contributed by atoms with van der Waals surface area (Å²) in [5.41, 5.74) is 1.63. The Bertz CT molecular complexity index is 961. The average Bonchev–Trinajstić information content (AvgIpc) is 3.70. The minimum absolute atomic E-state index is 0. The summed E-state index contributed by atoms with van der Waals surface area (Å²) < 4.78 is 19.8. The predicted molar refractivity (Wildman–Crippen MR) is 134 cm³/mol. The molecule has 2 aromatic rings. The highest BCUT2D eigenvalue weighted by molar-refractivity contribution is 14.0. The summed E-state index contributed by atoms with van der Waals surface area (Å²) in [6.45, 7) is 1.21. The van der Waals surface area contributed by atoms with Gasteiger partial charge in [-0.1, -0.05) is 30.3 Å². The fourth-order valence-corrected chi connectivity index (χ4v) is 3.63. The summed E-state index contributed by atoms with van der Waals surface area (Å²) in [4.78, 5) is 16.1. The maximum atomic E-state index is 14.2. The third-order valence-electron chi connectivity index (χ3n) is 5.79. The first-order valence-electron chi connectivity index (χ1n) is 10.8. The Hall–Kier alpha value is -2.36. The molecule has 0 heterocycles. The fraction of sp³-hybridized carbons (Fsp3) is 0.417. The van der Waals surface area contributed by atoms with E-state index < -0.39 is 0 Å². The first-order chi connectivity index (χ1) is 15.1. The summed E-state index contributed by atoms with van der Waals surface area (Å²) >= 11 is 0. The second kappa shape index (κ2) is 11.0. The second-order valence-electron chi connectivity index (χ2n) is 8.32. The van der Waals surface area contributed by atoms with Crippen LogP contribution >= 0.6 is 24.0 Å². The monoisotopic (exact) mass is 552 g/mol. The van der Waals surface area contributed by atoms with Gasteiger partial charge in [-0.25, -0.2) is 4.39 Å². The molecule has 0 spiro atoms. The van der Waals surface area contributed by atoms with E-state index in [1.807, 2.05) is 36.4 Å². The van der Waals surface area contributed by atoms with Crippen molar-refractivity contribution in [2.45, 2.75) is 43.7 Å². The first-order valence-corrected chi connectivity index (χ1v) is 10.8. The smallest absolute Gasteiger partial charge is 0.258 e. The van der Waals surface area contributed by atoms with Crippen LogP contribution in [0.4, 0.5) is 4.39 Å². The van der Waals surface area contributed by atoms with Crippen molar-refractivity contribution in [3.05, 3.63) is 65.5 Å². The van der Waals surface area contributed by atoms with Gasteiger partial charge in [0, 0.05) is 31.6 Å². The average molecular weight is 552 g/mol. The van der Waals surface area contributed by atoms with Gasteiger partial charge in [0.2, 0.25) is 0 Å². The van der Waals surface area contributed by atoms with Gasteiger partial charge in [0.15, 0.2) is 12.6 Å². The van der Waals surface area contributed by atoms with Crippen LogP contribution in [0.15, 0.2) is 53.5 Å². The van der Waals surface area contributed by atoms with Crippen LogP contribution in [0.5, 0.6) is 5.75 Å². The van der Waals surface area contributed by atoms with E-state index in [9.17, 15) is 9.18 Å². The van der Waals surface area contributed by atoms with Gasteiger partial charge in [-0.3, -0.25) is 9.79 Å². The number of rotatable bonds is 9. The predicted octanol–water partition coefficient (Wildman–Crippen LogP) is 3.50. The molecule has 0 atom stereocenters. The Morgan fingerprint density at radius 2 is 1.94 bits per heavy atom. The lowest BCUT2D eigenvalue weighted by atomic mass is 9.95. The fourth-order valence-electron chi connectivity index (χ4n) is 3.63. The second-order valence-corrected chi connectivity index (χ2v) is 8.32. The summed E-state index contributed by atoms with van der Waals surface area (Å²) in [5.74, 6) is 1.09. The van der Waals surface area contributed by atoms with Crippen LogP contribution in [0.3, 0.4) is 0 Å². The summed E-state index contributed by atoms with van der Waals surface area (Å²) in [6.07, 6.45) is 4.05. The van der Waals surface area contributed by atoms with E-state index in [4.69, 9.17) is 4.74 Å². The molecule has 1 amide bonds. The van der Waals surface area contributed by atoms with Gasteiger partial charge >= 0.3 is 0 Å². The van der Waals surface area contributed by atoms with Crippen molar-refractivity contribution in [2.24, 2.45) is 4.99 Å². The molecule has 2 aliphatic carbocycles. The Morgan fingerprint density at radius 1 is 1.16 bits per heavy atom. The van der Waals surface area contributed by atoms with Crippen LogP contribution in [-0.4, -0.2) is 38.1 Å². The SMILES string of the molecule is CN=C(NCc1cccc(OCC(=O)NC2CC2)c1)NCC1(c2ccccc2F)CC1.I. The van der Waals surface area contributed by atoms with Crippen LogP contribution in [0.1, 0.15) is 36.8 Å². The number of nitrogens with zero attached hydrogens (tertiary/aromatic N) is 1. The number of carbonyl (C=O) groups excluding carboxylic acids is 1. The van der Waals surface area contributed by atoms with Crippen molar-refractivity contribution in [3.8, 4) is 5.75 Å². The van der Waals surface area contributed by atoms with Gasteiger partial charge in [0.25, 0.3) is 5.91 Å². The normalized spacial score (nSPS) is 16.5. The molecule has 172 valence electrons. The summed E-state index contributed by atoms with van der Waals surface area (Å²) in [7, 11) is 1.72. The Morgan fingerprint density at radius 3 is 2.62 bits per heavy atom. The zero-order chi connectivity index (χ0) is 21.7. The maximum absolute atomic E-state index is 14.2. The number of hydrogen-bond acceptors (Lipinski definition) is 3. The van der Waals surface area contributed by atoms with Gasteiger partial charge in [-0.15, -0.1) is 24.0 Å². The van der Waals surface area contributed by atoms with E-state index in [0.717, 1.165) is 36.8 Å². The van der Waals surface area contributed by atoms with E-state index in [1.165, 1.54) is 6.07 Å². The molecule has 0 bridgehead atoms. The molecule has 0 saturated heterocycles. The molecule has 4 rings (SSSR count). The van der Waals surface area contributed by atoms with Gasteiger partial charge in [-0.05, 0) is 55.0 Å². The molecular weight excluding hydrogens is 522 g/mol. The van der Waals surface area contributed by atoms with Gasteiger partial charge in [0.05, 0.1) is 0 Å². The largest absolute Gasteiger partial charge is 0.484 e. The number of carbonyl (C=O) groups is 1. The number of ether oxygens (including phenoxy) is 1. The minimum Gasteiger partial charge on any atom is -0.484 e. The lowest BCUT2D eigenvalue weighted by Gasteiger charge is -2.19. The maximum Gasteiger partial charge on any atom is 0.258 e.